The summed E-state index contributed by atoms with van der Waals surface area (Å²) in [6, 6.07) is 11.3. The van der Waals surface area contributed by atoms with E-state index in [2.05, 4.69) is 0 Å². The first-order chi connectivity index (χ1) is 10.3. The predicted octanol–water partition coefficient (Wildman–Crippen LogP) is 3.67. The Labute approximate surface area is 130 Å². The molecule has 0 heterocycles. The average molecular weight is 297 g/mol. The fraction of sp³-hybridized carbons (Fsp3) is 0.222. The van der Waals surface area contributed by atoms with Gasteiger partial charge >= 0.3 is 11.9 Å². The summed E-state index contributed by atoms with van der Waals surface area (Å²) in [5.41, 5.74) is 4.83. The monoisotopic (exact) mass is 297 g/mol. The van der Waals surface area contributed by atoms with Gasteiger partial charge in [0.2, 0.25) is 0 Å². The number of rotatable bonds is 2. The van der Waals surface area contributed by atoms with Crippen molar-refractivity contribution in [2.45, 2.75) is 27.7 Å². The maximum Gasteiger partial charge on any atom is 0.395 e. The second kappa shape index (κ2) is 6.02. The van der Waals surface area contributed by atoms with Crippen LogP contribution in [0.25, 0.3) is 0 Å². The number of anilines is 2. The second-order valence-electron chi connectivity index (χ2n) is 5.53. The summed E-state index contributed by atoms with van der Waals surface area (Å²) in [7, 11) is 0. The standard InChI is InChI=1S/C18H19NO3/c1-11-5-7-13(3)15(9-11)19(17(20)18(21)22)16-10-12(2)6-8-14(16)4/h5-10H,1-4H3,(H,21,22). The smallest absolute Gasteiger partial charge is 0.395 e. The lowest BCUT2D eigenvalue weighted by atomic mass is 10.1. The molecule has 0 radical (unpaired) electrons. The summed E-state index contributed by atoms with van der Waals surface area (Å²) in [5.74, 6) is -2.43. The number of hydrogen-bond donors (Lipinski definition) is 1. The third-order valence-electron chi connectivity index (χ3n) is 3.60. The molecular formula is C18H19NO3. The fourth-order valence-electron chi connectivity index (χ4n) is 2.36. The third kappa shape index (κ3) is 3.01. The largest absolute Gasteiger partial charge is 0.474 e. The van der Waals surface area contributed by atoms with Gasteiger partial charge in [-0.2, -0.15) is 0 Å². The molecule has 0 aliphatic rings. The highest BCUT2D eigenvalue weighted by Gasteiger charge is 2.26. The molecule has 0 bridgehead atoms. The topological polar surface area (TPSA) is 57.6 Å². The first kappa shape index (κ1) is 15.8. The highest BCUT2D eigenvalue weighted by molar-refractivity contribution is 6.39. The van der Waals surface area contributed by atoms with Crippen LogP contribution in [0.1, 0.15) is 22.3 Å². The van der Waals surface area contributed by atoms with E-state index in [0.717, 1.165) is 22.3 Å². The number of nitrogens with zero attached hydrogens (tertiary/aromatic N) is 1. The molecule has 0 aliphatic carbocycles. The Morgan fingerprint density at radius 2 is 1.23 bits per heavy atom. The quantitative estimate of drug-likeness (QED) is 0.860. The molecule has 0 saturated heterocycles. The van der Waals surface area contributed by atoms with E-state index in [-0.39, 0.29) is 0 Å². The average Bonchev–Trinajstić information content (AvgIpc) is 2.46. The van der Waals surface area contributed by atoms with Crippen LogP contribution in [0.4, 0.5) is 11.4 Å². The van der Waals surface area contributed by atoms with Crippen molar-refractivity contribution in [2.75, 3.05) is 4.90 Å². The lowest BCUT2D eigenvalue weighted by Gasteiger charge is -2.25. The van der Waals surface area contributed by atoms with Crippen molar-refractivity contribution < 1.29 is 14.7 Å². The number of carbonyl (C=O) groups is 2. The summed E-state index contributed by atoms with van der Waals surface area (Å²) in [5, 5.41) is 9.20. The van der Waals surface area contributed by atoms with Crippen LogP contribution < -0.4 is 4.90 Å². The van der Waals surface area contributed by atoms with E-state index in [9.17, 15) is 14.7 Å². The molecule has 114 valence electrons. The molecule has 0 unspecified atom stereocenters. The van der Waals surface area contributed by atoms with Crippen LogP contribution in [-0.2, 0) is 9.59 Å². The number of aryl methyl sites for hydroxylation is 4. The van der Waals surface area contributed by atoms with Crippen molar-refractivity contribution in [1.82, 2.24) is 0 Å². The summed E-state index contributed by atoms with van der Waals surface area (Å²) in [4.78, 5) is 24.9. The third-order valence-corrected chi connectivity index (χ3v) is 3.60. The minimum absolute atomic E-state index is 0.598. The summed E-state index contributed by atoms with van der Waals surface area (Å²) in [6.45, 7) is 7.55. The lowest BCUT2D eigenvalue weighted by molar-refractivity contribution is -0.148. The molecule has 2 aromatic carbocycles. The minimum atomic E-state index is -1.47. The summed E-state index contributed by atoms with van der Waals surface area (Å²) in [6.07, 6.45) is 0. The Balaban J connectivity index is 2.72. The van der Waals surface area contributed by atoms with Crippen LogP contribution in [0.3, 0.4) is 0 Å². The van der Waals surface area contributed by atoms with Gasteiger partial charge in [-0.3, -0.25) is 9.69 Å². The van der Waals surface area contributed by atoms with Crippen LogP contribution in [0.2, 0.25) is 0 Å². The zero-order chi connectivity index (χ0) is 16.4. The second-order valence-corrected chi connectivity index (χ2v) is 5.53. The molecule has 4 nitrogen and oxygen atoms in total. The number of aliphatic carboxylic acids is 1. The van der Waals surface area contributed by atoms with Gasteiger partial charge < -0.3 is 5.11 Å². The molecule has 2 aromatic rings. The van der Waals surface area contributed by atoms with E-state index in [0.29, 0.717) is 11.4 Å². The molecule has 2 rings (SSSR count). The number of hydrogen-bond acceptors (Lipinski definition) is 2. The van der Waals surface area contributed by atoms with Crippen molar-refractivity contribution in [3.05, 3.63) is 58.7 Å². The SMILES string of the molecule is Cc1ccc(C)c(N(C(=O)C(=O)O)c2cc(C)ccc2C)c1. The van der Waals surface area contributed by atoms with Crippen LogP contribution >= 0.6 is 0 Å². The number of carboxylic acids is 1. The molecule has 0 saturated carbocycles. The first-order valence-corrected chi connectivity index (χ1v) is 7.03. The maximum atomic E-state index is 12.3. The molecule has 4 heteroatoms. The van der Waals surface area contributed by atoms with Gasteiger partial charge in [0.1, 0.15) is 0 Å². The predicted molar refractivity (Wildman–Crippen MR) is 86.6 cm³/mol. The first-order valence-electron chi connectivity index (χ1n) is 7.03. The molecule has 0 atom stereocenters. The van der Waals surface area contributed by atoms with Crippen molar-refractivity contribution in [3.8, 4) is 0 Å². The minimum Gasteiger partial charge on any atom is -0.474 e. The molecule has 0 aromatic heterocycles. The summed E-state index contributed by atoms with van der Waals surface area (Å²) >= 11 is 0. The Kier molecular flexibility index (Phi) is 4.31. The highest BCUT2D eigenvalue weighted by Crippen LogP contribution is 2.32. The Morgan fingerprint density at radius 1 is 0.818 bits per heavy atom. The lowest BCUT2D eigenvalue weighted by Crippen LogP contribution is -2.33. The van der Waals surface area contributed by atoms with Gasteiger partial charge in [-0.15, -0.1) is 0 Å². The van der Waals surface area contributed by atoms with Gasteiger partial charge in [-0.1, -0.05) is 24.3 Å². The van der Waals surface area contributed by atoms with E-state index in [1.54, 1.807) is 0 Å². The van der Waals surface area contributed by atoms with Gasteiger partial charge in [-0.25, -0.2) is 4.79 Å². The molecule has 0 spiro atoms. The van der Waals surface area contributed by atoms with Crippen molar-refractivity contribution in [3.63, 3.8) is 0 Å². The van der Waals surface area contributed by atoms with Crippen LogP contribution in [0.15, 0.2) is 36.4 Å². The van der Waals surface area contributed by atoms with Crippen molar-refractivity contribution in [1.29, 1.82) is 0 Å². The zero-order valence-electron chi connectivity index (χ0n) is 13.2. The van der Waals surface area contributed by atoms with E-state index < -0.39 is 11.9 Å². The van der Waals surface area contributed by atoms with Crippen LogP contribution in [0.5, 0.6) is 0 Å². The highest BCUT2D eigenvalue weighted by atomic mass is 16.4. The van der Waals surface area contributed by atoms with Gasteiger partial charge in [0, 0.05) is 0 Å². The van der Waals surface area contributed by atoms with Crippen molar-refractivity contribution in [2.24, 2.45) is 0 Å². The fourth-order valence-corrected chi connectivity index (χ4v) is 2.36. The van der Waals surface area contributed by atoms with Gasteiger partial charge in [0.25, 0.3) is 0 Å². The molecular weight excluding hydrogens is 278 g/mol. The summed E-state index contributed by atoms with van der Waals surface area (Å²) < 4.78 is 0. The Bertz CT molecular complexity index is 698. The van der Waals surface area contributed by atoms with Gasteiger partial charge in [0.05, 0.1) is 11.4 Å². The van der Waals surface area contributed by atoms with Gasteiger partial charge in [-0.05, 0) is 62.1 Å². The zero-order valence-corrected chi connectivity index (χ0v) is 13.2. The Hall–Kier alpha value is -2.62. The van der Waals surface area contributed by atoms with Crippen LogP contribution in [0, 0.1) is 27.7 Å². The van der Waals surface area contributed by atoms with E-state index in [1.165, 1.54) is 4.90 Å². The van der Waals surface area contributed by atoms with E-state index >= 15 is 0 Å². The molecule has 0 aliphatic heterocycles. The molecule has 0 fully saturated rings. The number of benzene rings is 2. The number of carbonyl (C=O) groups excluding carboxylic acids is 1. The van der Waals surface area contributed by atoms with Crippen molar-refractivity contribution >= 4 is 23.3 Å². The molecule has 1 N–H and O–H groups in total. The molecule has 22 heavy (non-hydrogen) atoms. The number of carboxylic acid groups (broad SMARTS) is 1. The number of amides is 1. The normalized spacial score (nSPS) is 10.4. The van der Waals surface area contributed by atoms with E-state index in [4.69, 9.17) is 0 Å². The Morgan fingerprint density at radius 3 is 1.59 bits per heavy atom. The molecule has 1 amide bonds. The maximum absolute atomic E-state index is 12.3. The van der Waals surface area contributed by atoms with Gasteiger partial charge in [0.15, 0.2) is 0 Å². The van der Waals surface area contributed by atoms with E-state index in [1.807, 2.05) is 64.1 Å². The van der Waals surface area contributed by atoms with Crippen LogP contribution in [-0.4, -0.2) is 17.0 Å².